The smallest absolute Gasteiger partial charge is 0.349 e. The molecule has 1 fully saturated rings. The van der Waals surface area contributed by atoms with Gasteiger partial charge in [-0.2, -0.15) is 0 Å². The van der Waals surface area contributed by atoms with E-state index < -0.39 is 5.97 Å². The van der Waals surface area contributed by atoms with Crippen LogP contribution in [0.4, 0.5) is 5.69 Å². The molecule has 4 N–H and O–H groups in total. The van der Waals surface area contributed by atoms with Crippen molar-refractivity contribution in [1.29, 1.82) is 0 Å². The third-order valence-corrected chi connectivity index (χ3v) is 5.69. The minimum atomic E-state index is -0.937. The van der Waals surface area contributed by atoms with E-state index in [0.29, 0.717) is 43.7 Å². The van der Waals surface area contributed by atoms with Gasteiger partial charge in [0.1, 0.15) is 11.4 Å². The Morgan fingerprint density at radius 1 is 1.31 bits per heavy atom. The van der Waals surface area contributed by atoms with Crippen molar-refractivity contribution in [2.24, 2.45) is 5.73 Å². The van der Waals surface area contributed by atoms with E-state index >= 15 is 0 Å². The molecule has 8 nitrogen and oxygen atoms in total. The first-order chi connectivity index (χ1) is 13.9. The second-order valence-corrected chi connectivity index (χ2v) is 7.83. The molecule has 8 heteroatoms. The molecule has 0 spiro atoms. The van der Waals surface area contributed by atoms with E-state index in [0.717, 1.165) is 24.1 Å². The number of hydrogen-bond acceptors (Lipinski definition) is 5. The van der Waals surface area contributed by atoms with E-state index in [4.69, 9.17) is 15.6 Å². The summed E-state index contributed by atoms with van der Waals surface area (Å²) in [6.45, 7) is 0.700. The zero-order valence-electron chi connectivity index (χ0n) is 17.0. The number of guanidine groups is 1. The number of hydrogen-bond donors (Lipinski definition) is 3. The highest BCUT2D eigenvalue weighted by Crippen LogP contribution is 2.25. The number of carbonyl (C=O) groups is 2. The monoisotopic (exact) mass is 403 g/mol. The Labute approximate surface area is 171 Å². The molecule has 158 valence electrons. The molecule has 1 aliphatic heterocycles. The summed E-state index contributed by atoms with van der Waals surface area (Å²) in [4.78, 5) is 25.3. The van der Waals surface area contributed by atoms with Crippen LogP contribution in [0.15, 0.2) is 18.2 Å². The van der Waals surface area contributed by atoms with Gasteiger partial charge in [0.2, 0.25) is 5.91 Å². The van der Waals surface area contributed by atoms with E-state index in [2.05, 4.69) is 5.32 Å². The van der Waals surface area contributed by atoms with Crippen LogP contribution in [0.2, 0.25) is 0 Å². The third kappa shape index (κ3) is 5.62. The highest BCUT2D eigenvalue weighted by molar-refractivity contribution is 5.91. The molecule has 1 saturated carbocycles. The SMILES string of the molecule is CN(C(=O)CCCOc1ccc2c(c1)C[N+](CC(=O)O)=C(N)N2)C1CCCCC1. The lowest BCUT2D eigenvalue weighted by Gasteiger charge is -2.31. The van der Waals surface area contributed by atoms with Crippen LogP contribution in [0.25, 0.3) is 0 Å². The zero-order chi connectivity index (χ0) is 20.8. The average Bonchev–Trinajstić information content (AvgIpc) is 2.71. The molecule has 29 heavy (non-hydrogen) atoms. The lowest BCUT2D eigenvalue weighted by atomic mass is 9.94. The lowest BCUT2D eigenvalue weighted by molar-refractivity contribution is -0.536. The van der Waals surface area contributed by atoms with Crippen LogP contribution in [0, 0.1) is 0 Å². The fourth-order valence-corrected chi connectivity index (χ4v) is 3.99. The van der Waals surface area contributed by atoms with Crippen LogP contribution in [-0.2, 0) is 16.1 Å². The van der Waals surface area contributed by atoms with Crippen molar-refractivity contribution >= 4 is 23.5 Å². The predicted octanol–water partition coefficient (Wildman–Crippen LogP) is 1.97. The van der Waals surface area contributed by atoms with Gasteiger partial charge < -0.3 is 14.7 Å². The number of carboxylic acids is 1. The topological polar surface area (TPSA) is 108 Å². The molecule has 1 aromatic carbocycles. The van der Waals surface area contributed by atoms with Crippen LogP contribution in [0.5, 0.6) is 5.75 Å². The quantitative estimate of drug-likeness (QED) is 0.452. The van der Waals surface area contributed by atoms with Gasteiger partial charge in [-0.3, -0.25) is 10.5 Å². The summed E-state index contributed by atoms with van der Waals surface area (Å²) >= 11 is 0. The molecule has 1 aromatic rings. The van der Waals surface area contributed by atoms with Crippen molar-refractivity contribution in [2.75, 3.05) is 25.5 Å². The molecular formula is C21H31N4O4+. The number of carboxylic acid groups (broad SMARTS) is 1. The number of benzene rings is 1. The van der Waals surface area contributed by atoms with E-state index in [1.807, 2.05) is 30.1 Å². The van der Waals surface area contributed by atoms with Crippen LogP contribution in [0.3, 0.4) is 0 Å². The zero-order valence-corrected chi connectivity index (χ0v) is 17.0. The summed E-state index contributed by atoms with van der Waals surface area (Å²) in [5.74, 6) is 0.280. The number of rotatable bonds is 8. The Balaban J connectivity index is 1.46. The maximum absolute atomic E-state index is 12.4. The average molecular weight is 404 g/mol. The first kappa shape index (κ1) is 21.0. The Morgan fingerprint density at radius 2 is 2.07 bits per heavy atom. The Bertz CT molecular complexity index is 787. The summed E-state index contributed by atoms with van der Waals surface area (Å²) in [6.07, 6.45) is 7.08. The van der Waals surface area contributed by atoms with Crippen LogP contribution in [0.1, 0.15) is 50.5 Å². The minimum absolute atomic E-state index is 0.167. The number of ether oxygens (including phenoxy) is 1. The van der Waals surface area contributed by atoms with Gasteiger partial charge in [-0.15, -0.1) is 0 Å². The predicted molar refractivity (Wildman–Crippen MR) is 110 cm³/mol. The largest absolute Gasteiger partial charge is 0.494 e. The number of nitrogens with one attached hydrogen (secondary N) is 1. The van der Waals surface area contributed by atoms with Gasteiger partial charge in [0, 0.05) is 25.1 Å². The molecule has 1 amide bonds. The van der Waals surface area contributed by atoms with Crippen LogP contribution < -0.4 is 15.8 Å². The second-order valence-electron chi connectivity index (χ2n) is 7.83. The lowest BCUT2D eigenvalue weighted by Crippen LogP contribution is -2.40. The van der Waals surface area contributed by atoms with E-state index in [-0.39, 0.29) is 12.5 Å². The van der Waals surface area contributed by atoms with Crippen LogP contribution in [-0.4, -0.2) is 58.7 Å². The number of fused-ring (bicyclic) bond motifs is 1. The fourth-order valence-electron chi connectivity index (χ4n) is 3.99. The van der Waals surface area contributed by atoms with Gasteiger partial charge in [-0.05, 0) is 37.5 Å². The number of carbonyl (C=O) groups excluding carboxylic acids is 1. The summed E-state index contributed by atoms with van der Waals surface area (Å²) in [6, 6.07) is 6.00. The van der Waals surface area contributed by atoms with Gasteiger partial charge in [0.25, 0.3) is 0 Å². The molecule has 0 aromatic heterocycles. The van der Waals surface area contributed by atoms with E-state index in [9.17, 15) is 9.59 Å². The second kappa shape index (κ2) is 9.62. The Hall–Kier alpha value is -2.77. The summed E-state index contributed by atoms with van der Waals surface area (Å²) in [5.41, 5.74) is 7.66. The van der Waals surface area contributed by atoms with Crippen molar-refractivity contribution in [3.63, 3.8) is 0 Å². The molecule has 2 aliphatic rings. The summed E-state index contributed by atoms with van der Waals surface area (Å²) in [5, 5.41) is 12.0. The summed E-state index contributed by atoms with van der Waals surface area (Å²) in [7, 11) is 1.92. The number of anilines is 1. The normalized spacial score (nSPS) is 16.7. The Morgan fingerprint density at radius 3 is 2.79 bits per heavy atom. The number of nitrogens with two attached hydrogens (primary N) is 1. The number of nitrogens with zero attached hydrogens (tertiary/aromatic N) is 2. The number of amides is 1. The van der Waals surface area contributed by atoms with Gasteiger partial charge in [-0.25, -0.2) is 14.7 Å². The fraction of sp³-hybridized carbons (Fsp3) is 0.571. The van der Waals surface area contributed by atoms with Crippen molar-refractivity contribution in [3.05, 3.63) is 23.8 Å². The van der Waals surface area contributed by atoms with E-state index in [1.165, 1.54) is 19.3 Å². The van der Waals surface area contributed by atoms with Crippen molar-refractivity contribution in [1.82, 2.24) is 4.90 Å². The standard InChI is InChI=1S/C21H30N4O4/c1-24(16-6-3-2-4-7-16)19(26)8-5-11-29-17-9-10-18-15(12-17)13-25(14-20(27)28)21(22)23-18/h9-10,12,16H,2-8,11,13-14H2,1H3,(H3,22,23,27,28)/p+1. The molecule has 0 unspecified atom stereocenters. The Kier molecular flexibility index (Phi) is 6.95. The molecule has 0 radical (unpaired) electrons. The highest BCUT2D eigenvalue weighted by Gasteiger charge is 2.23. The highest BCUT2D eigenvalue weighted by atomic mass is 16.5. The molecule has 0 saturated heterocycles. The maximum Gasteiger partial charge on any atom is 0.349 e. The number of aliphatic carboxylic acids is 1. The first-order valence-electron chi connectivity index (χ1n) is 10.3. The van der Waals surface area contributed by atoms with Crippen molar-refractivity contribution < 1.29 is 24.0 Å². The van der Waals surface area contributed by atoms with Gasteiger partial charge >= 0.3 is 11.9 Å². The minimum Gasteiger partial charge on any atom is -0.494 e. The van der Waals surface area contributed by atoms with Crippen LogP contribution >= 0.6 is 0 Å². The molecule has 1 heterocycles. The summed E-state index contributed by atoms with van der Waals surface area (Å²) < 4.78 is 7.38. The van der Waals surface area contributed by atoms with Gasteiger partial charge in [-0.1, -0.05) is 19.3 Å². The molecule has 1 aliphatic carbocycles. The van der Waals surface area contributed by atoms with Gasteiger partial charge in [0.15, 0.2) is 6.54 Å². The van der Waals surface area contributed by atoms with E-state index in [1.54, 1.807) is 4.58 Å². The molecule has 0 bridgehead atoms. The van der Waals surface area contributed by atoms with Crippen molar-refractivity contribution in [2.45, 2.75) is 57.5 Å². The molecule has 3 rings (SSSR count). The first-order valence-corrected chi connectivity index (χ1v) is 10.3. The van der Waals surface area contributed by atoms with Crippen molar-refractivity contribution in [3.8, 4) is 5.75 Å². The maximum atomic E-state index is 12.4. The molecular weight excluding hydrogens is 372 g/mol. The van der Waals surface area contributed by atoms with Gasteiger partial charge in [0.05, 0.1) is 13.2 Å². The third-order valence-electron chi connectivity index (χ3n) is 5.69. The molecule has 0 atom stereocenters.